The van der Waals surface area contributed by atoms with E-state index in [-0.39, 0.29) is 5.91 Å². The Morgan fingerprint density at radius 3 is 3.07 bits per heavy atom. The molecule has 3 N–H and O–H groups in total. The first-order valence-corrected chi connectivity index (χ1v) is 5.09. The quantitative estimate of drug-likeness (QED) is 0.764. The number of hydrogen-bond donors (Lipinski definition) is 2. The van der Waals surface area contributed by atoms with Crippen molar-refractivity contribution in [2.24, 2.45) is 5.73 Å². The van der Waals surface area contributed by atoms with Crippen LogP contribution in [0.2, 0.25) is 0 Å². The van der Waals surface area contributed by atoms with Crippen LogP contribution < -0.4 is 11.1 Å². The molecule has 0 fully saturated rings. The molecule has 15 heavy (non-hydrogen) atoms. The highest BCUT2D eigenvalue weighted by atomic mass is 16.1. The van der Waals surface area contributed by atoms with Crippen molar-refractivity contribution < 1.29 is 4.79 Å². The normalized spacial score (nSPS) is 15.1. The molecule has 0 unspecified atom stereocenters. The van der Waals surface area contributed by atoms with E-state index < -0.39 is 0 Å². The minimum absolute atomic E-state index is 0.0995. The van der Waals surface area contributed by atoms with Crippen molar-refractivity contribution in [2.45, 2.75) is 12.8 Å². The van der Waals surface area contributed by atoms with E-state index in [1.54, 1.807) is 0 Å². The van der Waals surface area contributed by atoms with Crippen LogP contribution in [0, 0.1) is 0 Å². The summed E-state index contributed by atoms with van der Waals surface area (Å²) in [4.78, 5) is 11.2. The van der Waals surface area contributed by atoms with Crippen molar-refractivity contribution in [1.29, 1.82) is 0 Å². The molecule has 0 radical (unpaired) electrons. The van der Waals surface area contributed by atoms with E-state index in [1.165, 1.54) is 5.56 Å². The molecular weight excluding hydrogens is 188 g/mol. The first kappa shape index (κ1) is 9.93. The Labute approximate surface area is 89.0 Å². The molecule has 1 amide bonds. The number of carbonyl (C=O) groups excluding carboxylic acids is 1. The lowest BCUT2D eigenvalue weighted by atomic mass is 9.97. The number of carbonyl (C=O) groups is 1. The van der Waals surface area contributed by atoms with Crippen molar-refractivity contribution in [3.05, 3.63) is 35.4 Å². The maximum absolute atomic E-state index is 11.2. The zero-order valence-corrected chi connectivity index (χ0v) is 8.49. The van der Waals surface area contributed by atoms with Crippen LogP contribution in [0.5, 0.6) is 0 Å². The monoisotopic (exact) mass is 202 g/mol. The van der Waals surface area contributed by atoms with Gasteiger partial charge in [0.2, 0.25) is 5.91 Å². The molecule has 3 nitrogen and oxygen atoms in total. The van der Waals surface area contributed by atoms with E-state index in [9.17, 15) is 4.79 Å². The standard InChI is InChI=1S/C12H14N2O/c13-8-2-4-9-3-1-5-11-10(9)6-7-12(15)14-11/h1-5H,6-8,13H2,(H,14,15)/b4-2+. The number of hydrogen-bond acceptors (Lipinski definition) is 2. The summed E-state index contributed by atoms with van der Waals surface area (Å²) in [6, 6.07) is 5.93. The molecular formula is C12H14N2O. The van der Waals surface area contributed by atoms with Gasteiger partial charge in [-0.05, 0) is 23.6 Å². The van der Waals surface area contributed by atoms with Gasteiger partial charge in [0.05, 0.1) is 0 Å². The SMILES string of the molecule is NC/C=C/c1cccc2c1CCC(=O)N2. The zero-order valence-electron chi connectivity index (χ0n) is 8.49. The lowest BCUT2D eigenvalue weighted by molar-refractivity contribution is -0.116. The second-order valence-corrected chi connectivity index (χ2v) is 3.56. The van der Waals surface area contributed by atoms with E-state index in [0.717, 1.165) is 17.7 Å². The van der Waals surface area contributed by atoms with Crippen molar-refractivity contribution >= 4 is 17.7 Å². The smallest absolute Gasteiger partial charge is 0.224 e. The Morgan fingerprint density at radius 1 is 1.40 bits per heavy atom. The predicted molar refractivity (Wildman–Crippen MR) is 61.5 cm³/mol. The highest BCUT2D eigenvalue weighted by Gasteiger charge is 2.15. The largest absolute Gasteiger partial charge is 0.327 e. The number of nitrogens with two attached hydrogens (primary N) is 1. The Morgan fingerprint density at radius 2 is 2.27 bits per heavy atom. The fourth-order valence-electron chi connectivity index (χ4n) is 1.80. The number of amides is 1. The van der Waals surface area contributed by atoms with Crippen LogP contribution >= 0.6 is 0 Å². The van der Waals surface area contributed by atoms with Crippen LogP contribution in [-0.4, -0.2) is 12.5 Å². The van der Waals surface area contributed by atoms with Gasteiger partial charge >= 0.3 is 0 Å². The fourth-order valence-corrected chi connectivity index (χ4v) is 1.80. The summed E-state index contributed by atoms with van der Waals surface area (Å²) in [6.45, 7) is 0.538. The topological polar surface area (TPSA) is 55.1 Å². The van der Waals surface area contributed by atoms with Gasteiger partial charge in [0.15, 0.2) is 0 Å². The Balaban J connectivity index is 2.37. The molecule has 0 saturated heterocycles. The molecule has 1 aromatic rings. The third-order valence-electron chi connectivity index (χ3n) is 2.52. The highest BCUT2D eigenvalue weighted by molar-refractivity contribution is 5.94. The third-order valence-corrected chi connectivity index (χ3v) is 2.52. The Bertz CT molecular complexity index is 410. The molecule has 1 aliphatic heterocycles. The number of nitrogens with one attached hydrogen (secondary N) is 1. The van der Waals surface area contributed by atoms with E-state index >= 15 is 0 Å². The van der Waals surface area contributed by atoms with Gasteiger partial charge in [-0.15, -0.1) is 0 Å². The second-order valence-electron chi connectivity index (χ2n) is 3.56. The van der Waals surface area contributed by atoms with Crippen molar-refractivity contribution in [2.75, 3.05) is 11.9 Å². The van der Waals surface area contributed by atoms with Crippen LogP contribution in [-0.2, 0) is 11.2 Å². The third kappa shape index (κ3) is 2.07. The summed E-state index contributed by atoms with van der Waals surface area (Å²) in [6.07, 6.45) is 5.31. The zero-order chi connectivity index (χ0) is 10.7. The molecule has 0 aromatic heterocycles. The number of benzene rings is 1. The van der Waals surface area contributed by atoms with Crippen molar-refractivity contribution in [3.8, 4) is 0 Å². The average molecular weight is 202 g/mol. The highest BCUT2D eigenvalue weighted by Crippen LogP contribution is 2.26. The summed E-state index contributed by atoms with van der Waals surface area (Å²) in [5.41, 5.74) is 8.71. The molecule has 0 atom stereocenters. The average Bonchev–Trinajstić information content (AvgIpc) is 2.25. The van der Waals surface area contributed by atoms with Gasteiger partial charge in [0.1, 0.15) is 0 Å². The minimum atomic E-state index is 0.0995. The molecule has 0 bridgehead atoms. The van der Waals surface area contributed by atoms with E-state index in [2.05, 4.69) is 5.32 Å². The van der Waals surface area contributed by atoms with Gasteiger partial charge in [-0.2, -0.15) is 0 Å². The van der Waals surface area contributed by atoms with Crippen LogP contribution in [0.1, 0.15) is 17.5 Å². The molecule has 1 aliphatic rings. The van der Waals surface area contributed by atoms with E-state index in [4.69, 9.17) is 5.73 Å². The van der Waals surface area contributed by atoms with E-state index in [0.29, 0.717) is 13.0 Å². The summed E-state index contributed by atoms with van der Waals surface area (Å²) in [5, 5.41) is 2.87. The number of fused-ring (bicyclic) bond motifs is 1. The van der Waals surface area contributed by atoms with Crippen LogP contribution in [0.15, 0.2) is 24.3 Å². The molecule has 0 aliphatic carbocycles. The van der Waals surface area contributed by atoms with Gasteiger partial charge in [-0.3, -0.25) is 4.79 Å². The van der Waals surface area contributed by atoms with Gasteiger partial charge in [0.25, 0.3) is 0 Å². The molecule has 2 rings (SSSR count). The Hall–Kier alpha value is -1.61. The lowest BCUT2D eigenvalue weighted by Gasteiger charge is -2.18. The van der Waals surface area contributed by atoms with E-state index in [1.807, 2.05) is 30.4 Å². The molecule has 78 valence electrons. The summed E-state index contributed by atoms with van der Waals surface area (Å²) >= 11 is 0. The molecule has 3 heteroatoms. The summed E-state index contributed by atoms with van der Waals surface area (Å²) in [5.74, 6) is 0.0995. The molecule has 1 aromatic carbocycles. The van der Waals surface area contributed by atoms with Gasteiger partial charge < -0.3 is 11.1 Å². The summed E-state index contributed by atoms with van der Waals surface area (Å²) in [7, 11) is 0. The fraction of sp³-hybridized carbons (Fsp3) is 0.250. The first-order valence-electron chi connectivity index (χ1n) is 5.09. The van der Waals surface area contributed by atoms with Gasteiger partial charge in [-0.25, -0.2) is 0 Å². The predicted octanol–water partition coefficient (Wildman–Crippen LogP) is 1.54. The molecule has 0 saturated carbocycles. The molecule has 0 spiro atoms. The Kier molecular flexibility index (Phi) is 2.83. The first-order chi connectivity index (χ1) is 7.31. The molecule has 1 heterocycles. The van der Waals surface area contributed by atoms with Crippen LogP contribution in [0.4, 0.5) is 5.69 Å². The van der Waals surface area contributed by atoms with Crippen LogP contribution in [0.3, 0.4) is 0 Å². The van der Waals surface area contributed by atoms with Crippen LogP contribution in [0.25, 0.3) is 6.08 Å². The van der Waals surface area contributed by atoms with Gasteiger partial charge in [0, 0.05) is 18.7 Å². The number of rotatable bonds is 2. The minimum Gasteiger partial charge on any atom is -0.327 e. The van der Waals surface area contributed by atoms with Crippen molar-refractivity contribution in [3.63, 3.8) is 0 Å². The second kappa shape index (κ2) is 4.28. The maximum atomic E-state index is 11.2. The maximum Gasteiger partial charge on any atom is 0.224 e. The van der Waals surface area contributed by atoms with Gasteiger partial charge in [-0.1, -0.05) is 24.3 Å². The van der Waals surface area contributed by atoms with Crippen molar-refractivity contribution in [1.82, 2.24) is 0 Å². The summed E-state index contributed by atoms with van der Waals surface area (Å²) < 4.78 is 0. The number of anilines is 1. The lowest BCUT2D eigenvalue weighted by Crippen LogP contribution is -2.19.